The molecule has 1 saturated heterocycles. The first-order valence-electron chi connectivity index (χ1n) is 4.26. The molecule has 0 amide bonds. The first-order valence-corrected chi connectivity index (χ1v) is 4.26. The molecule has 2 N–H and O–H groups in total. The van der Waals surface area contributed by atoms with E-state index >= 15 is 0 Å². The highest BCUT2D eigenvalue weighted by atomic mass is 16.5. The standard InChI is InChI=1S/C8H17NO2/c1-7(5-9)11-6-8-3-2-4-10-8/h7-8H,2-6,9H2,1H3/t7-,8+/m1/s1. The first kappa shape index (κ1) is 8.97. The third-order valence-electron chi connectivity index (χ3n) is 1.92. The highest BCUT2D eigenvalue weighted by Gasteiger charge is 2.16. The van der Waals surface area contributed by atoms with Crippen molar-refractivity contribution in [3.8, 4) is 0 Å². The van der Waals surface area contributed by atoms with Gasteiger partial charge in [-0.1, -0.05) is 0 Å². The Morgan fingerprint density at radius 3 is 3.09 bits per heavy atom. The van der Waals surface area contributed by atoms with Crippen LogP contribution in [0.15, 0.2) is 0 Å². The monoisotopic (exact) mass is 159 g/mol. The van der Waals surface area contributed by atoms with Crippen molar-refractivity contribution in [3.63, 3.8) is 0 Å². The normalized spacial score (nSPS) is 27.3. The predicted octanol–water partition coefficient (Wildman–Crippen LogP) is 0.529. The Morgan fingerprint density at radius 2 is 2.55 bits per heavy atom. The van der Waals surface area contributed by atoms with Gasteiger partial charge in [-0.3, -0.25) is 0 Å². The Hall–Kier alpha value is -0.120. The number of hydrogen-bond acceptors (Lipinski definition) is 3. The second kappa shape index (κ2) is 4.70. The fourth-order valence-electron chi connectivity index (χ4n) is 1.12. The minimum absolute atomic E-state index is 0.166. The van der Waals surface area contributed by atoms with Gasteiger partial charge in [0.05, 0.1) is 18.8 Å². The Kier molecular flexibility index (Phi) is 3.83. The zero-order valence-corrected chi connectivity index (χ0v) is 7.08. The van der Waals surface area contributed by atoms with Gasteiger partial charge in [0, 0.05) is 13.2 Å². The van der Waals surface area contributed by atoms with Crippen molar-refractivity contribution in [1.29, 1.82) is 0 Å². The Bertz CT molecular complexity index is 102. The molecule has 0 bridgehead atoms. The molecule has 1 rings (SSSR count). The lowest BCUT2D eigenvalue weighted by Gasteiger charge is -2.14. The molecule has 0 aromatic heterocycles. The Labute approximate surface area is 67.9 Å². The molecule has 1 aliphatic rings. The second-order valence-electron chi connectivity index (χ2n) is 3.01. The molecule has 1 heterocycles. The van der Waals surface area contributed by atoms with Crippen LogP contribution in [0.25, 0.3) is 0 Å². The number of rotatable bonds is 4. The molecular weight excluding hydrogens is 142 g/mol. The average molecular weight is 159 g/mol. The second-order valence-corrected chi connectivity index (χ2v) is 3.01. The highest BCUT2D eigenvalue weighted by molar-refractivity contribution is 4.64. The van der Waals surface area contributed by atoms with Crippen LogP contribution in [0.4, 0.5) is 0 Å². The van der Waals surface area contributed by atoms with E-state index in [1.165, 1.54) is 6.42 Å². The molecule has 1 aliphatic heterocycles. The van der Waals surface area contributed by atoms with Crippen LogP contribution in [0.2, 0.25) is 0 Å². The van der Waals surface area contributed by atoms with Crippen molar-refractivity contribution in [3.05, 3.63) is 0 Å². The summed E-state index contributed by atoms with van der Waals surface area (Å²) in [7, 11) is 0. The molecule has 2 atom stereocenters. The molecule has 66 valence electrons. The van der Waals surface area contributed by atoms with Gasteiger partial charge < -0.3 is 15.2 Å². The highest BCUT2D eigenvalue weighted by Crippen LogP contribution is 2.12. The van der Waals surface area contributed by atoms with E-state index in [-0.39, 0.29) is 6.10 Å². The summed E-state index contributed by atoms with van der Waals surface area (Å²) in [6.45, 7) is 4.17. The van der Waals surface area contributed by atoms with Gasteiger partial charge in [-0.2, -0.15) is 0 Å². The van der Waals surface area contributed by atoms with E-state index in [2.05, 4.69) is 0 Å². The summed E-state index contributed by atoms with van der Waals surface area (Å²) in [4.78, 5) is 0. The van der Waals surface area contributed by atoms with Gasteiger partial charge in [0.25, 0.3) is 0 Å². The van der Waals surface area contributed by atoms with Gasteiger partial charge in [-0.25, -0.2) is 0 Å². The third-order valence-corrected chi connectivity index (χ3v) is 1.92. The fraction of sp³-hybridized carbons (Fsp3) is 1.00. The van der Waals surface area contributed by atoms with Gasteiger partial charge in [0.2, 0.25) is 0 Å². The minimum Gasteiger partial charge on any atom is -0.376 e. The van der Waals surface area contributed by atoms with Gasteiger partial charge in [-0.05, 0) is 19.8 Å². The molecule has 0 aromatic rings. The van der Waals surface area contributed by atoms with Crippen LogP contribution in [0, 0.1) is 0 Å². The number of hydrogen-bond donors (Lipinski definition) is 1. The third kappa shape index (κ3) is 3.18. The fourth-order valence-corrected chi connectivity index (χ4v) is 1.12. The maximum absolute atomic E-state index is 5.43. The van der Waals surface area contributed by atoms with Gasteiger partial charge in [-0.15, -0.1) is 0 Å². The summed E-state index contributed by atoms with van der Waals surface area (Å²) in [6.07, 6.45) is 2.80. The van der Waals surface area contributed by atoms with Crippen molar-refractivity contribution >= 4 is 0 Å². The van der Waals surface area contributed by atoms with Crippen LogP contribution in [-0.2, 0) is 9.47 Å². The molecule has 3 heteroatoms. The quantitative estimate of drug-likeness (QED) is 0.650. The van der Waals surface area contributed by atoms with E-state index in [9.17, 15) is 0 Å². The van der Waals surface area contributed by atoms with Crippen molar-refractivity contribution in [1.82, 2.24) is 0 Å². The van der Waals surface area contributed by atoms with E-state index in [4.69, 9.17) is 15.2 Å². The summed E-state index contributed by atoms with van der Waals surface area (Å²) in [6, 6.07) is 0. The zero-order valence-electron chi connectivity index (χ0n) is 7.08. The number of nitrogens with two attached hydrogens (primary N) is 1. The summed E-state index contributed by atoms with van der Waals surface area (Å²) < 4.78 is 10.8. The van der Waals surface area contributed by atoms with Crippen LogP contribution in [0.3, 0.4) is 0 Å². The van der Waals surface area contributed by atoms with E-state index < -0.39 is 0 Å². The Balaban J connectivity index is 2.01. The number of ether oxygens (including phenoxy) is 2. The lowest BCUT2D eigenvalue weighted by Crippen LogP contribution is -2.25. The molecule has 0 radical (unpaired) electrons. The molecule has 0 spiro atoms. The van der Waals surface area contributed by atoms with Crippen LogP contribution < -0.4 is 5.73 Å². The minimum atomic E-state index is 0.166. The van der Waals surface area contributed by atoms with Crippen LogP contribution in [0.1, 0.15) is 19.8 Å². The zero-order chi connectivity index (χ0) is 8.10. The maximum Gasteiger partial charge on any atom is 0.0809 e. The van der Waals surface area contributed by atoms with E-state index in [1.807, 2.05) is 6.92 Å². The lowest BCUT2D eigenvalue weighted by molar-refractivity contribution is -0.0106. The first-order chi connectivity index (χ1) is 5.33. The summed E-state index contributed by atoms with van der Waals surface area (Å²) in [5.74, 6) is 0. The molecule has 0 aromatic carbocycles. The average Bonchev–Trinajstić information content (AvgIpc) is 2.52. The molecular formula is C8H17NO2. The summed E-state index contributed by atoms with van der Waals surface area (Å²) in [5.41, 5.74) is 5.39. The smallest absolute Gasteiger partial charge is 0.0809 e. The van der Waals surface area contributed by atoms with E-state index in [1.54, 1.807) is 0 Å². The van der Waals surface area contributed by atoms with Crippen molar-refractivity contribution in [2.75, 3.05) is 19.8 Å². The molecule has 1 fully saturated rings. The van der Waals surface area contributed by atoms with Crippen LogP contribution in [-0.4, -0.2) is 32.0 Å². The largest absolute Gasteiger partial charge is 0.376 e. The van der Waals surface area contributed by atoms with Crippen molar-refractivity contribution in [2.24, 2.45) is 5.73 Å². The molecule has 0 unspecified atom stereocenters. The van der Waals surface area contributed by atoms with Gasteiger partial charge >= 0.3 is 0 Å². The summed E-state index contributed by atoms with van der Waals surface area (Å²) >= 11 is 0. The van der Waals surface area contributed by atoms with Gasteiger partial charge in [0.15, 0.2) is 0 Å². The maximum atomic E-state index is 5.43. The lowest BCUT2D eigenvalue weighted by atomic mass is 10.2. The van der Waals surface area contributed by atoms with E-state index in [0.29, 0.717) is 19.3 Å². The Morgan fingerprint density at radius 1 is 1.73 bits per heavy atom. The van der Waals surface area contributed by atoms with Gasteiger partial charge in [0.1, 0.15) is 0 Å². The van der Waals surface area contributed by atoms with Crippen molar-refractivity contribution < 1.29 is 9.47 Å². The molecule has 3 nitrogen and oxygen atoms in total. The molecule has 0 saturated carbocycles. The SMILES string of the molecule is C[C@H](CN)OC[C@@H]1CCCO1. The van der Waals surface area contributed by atoms with Crippen LogP contribution in [0.5, 0.6) is 0 Å². The van der Waals surface area contributed by atoms with E-state index in [0.717, 1.165) is 13.0 Å². The summed E-state index contributed by atoms with van der Waals surface area (Å²) in [5, 5.41) is 0. The molecule has 0 aliphatic carbocycles. The van der Waals surface area contributed by atoms with Crippen molar-refractivity contribution in [2.45, 2.75) is 32.0 Å². The molecule has 11 heavy (non-hydrogen) atoms. The topological polar surface area (TPSA) is 44.5 Å². The predicted molar refractivity (Wildman–Crippen MR) is 43.4 cm³/mol. The van der Waals surface area contributed by atoms with Crippen LogP contribution >= 0.6 is 0 Å².